The third-order valence-electron chi connectivity index (χ3n) is 10.4. The maximum atomic E-state index is 13.2. The molecule has 5 aliphatic rings. The fourth-order valence-corrected chi connectivity index (χ4v) is 8.88. The molecule has 6 atom stereocenters. The summed E-state index contributed by atoms with van der Waals surface area (Å²) in [5.41, 5.74) is 4.44. The number of ketones is 1. The number of carbonyl (C=O) groups excluding carboxylic acids is 1. The Morgan fingerprint density at radius 2 is 1.86 bits per heavy atom. The molecule has 0 bridgehead atoms. The van der Waals surface area contributed by atoms with Gasteiger partial charge in [-0.1, -0.05) is 42.3 Å². The van der Waals surface area contributed by atoms with E-state index in [1.165, 1.54) is 22.3 Å². The number of aryl methyl sites for hydroxylation is 1. The lowest BCUT2D eigenvalue weighted by molar-refractivity contribution is -0.208. The van der Waals surface area contributed by atoms with E-state index in [1.807, 2.05) is 0 Å². The first-order valence-corrected chi connectivity index (χ1v) is 13.6. The van der Waals surface area contributed by atoms with Crippen LogP contribution in [0.5, 0.6) is 0 Å². The fourth-order valence-electron chi connectivity index (χ4n) is 8.88. The second kappa shape index (κ2) is 8.51. The summed E-state index contributed by atoms with van der Waals surface area (Å²) < 4.78 is 17.4. The van der Waals surface area contributed by atoms with Crippen molar-refractivity contribution < 1.29 is 24.1 Å². The summed E-state index contributed by atoms with van der Waals surface area (Å²) in [7, 11) is 1.63. The minimum atomic E-state index is -0.852. The van der Waals surface area contributed by atoms with E-state index in [4.69, 9.17) is 14.2 Å². The molecule has 0 aromatic heterocycles. The molecule has 1 N–H and O–H groups in total. The third kappa shape index (κ3) is 3.68. The standard InChI is InChI=1S/C30H40O5/c1-19-4-6-20(7-5-19)22-16-28(2)23(8-9-24(28)26(31)17-33-3)21-10-12-29(32)18-30(34-14-15-35-30)13-11-25(29)27(21)22/h4-7,21-24,32H,8-18H2,1-3H3/t21?,22-,23?,24-,28+,29-/m1/s1. The van der Waals surface area contributed by atoms with Gasteiger partial charge in [-0.2, -0.15) is 0 Å². The van der Waals surface area contributed by atoms with Gasteiger partial charge in [-0.05, 0) is 73.8 Å². The normalized spacial score (nSPS) is 39.9. The number of ether oxygens (including phenoxy) is 3. The third-order valence-corrected chi connectivity index (χ3v) is 10.4. The number of methoxy groups -OCH3 is 1. The highest BCUT2D eigenvalue weighted by molar-refractivity contribution is 5.83. The van der Waals surface area contributed by atoms with E-state index >= 15 is 0 Å². The molecule has 5 heteroatoms. The van der Waals surface area contributed by atoms with E-state index < -0.39 is 11.4 Å². The number of benzene rings is 1. The monoisotopic (exact) mass is 480 g/mol. The summed E-state index contributed by atoms with van der Waals surface area (Å²) in [4.78, 5) is 13.2. The zero-order valence-corrected chi connectivity index (χ0v) is 21.5. The number of fused-ring (bicyclic) bond motifs is 4. The molecule has 0 radical (unpaired) electrons. The molecule has 5 nitrogen and oxygen atoms in total. The number of carbonyl (C=O) groups is 1. The predicted molar refractivity (Wildman–Crippen MR) is 133 cm³/mol. The zero-order valence-electron chi connectivity index (χ0n) is 21.5. The Morgan fingerprint density at radius 3 is 2.57 bits per heavy atom. The number of allylic oxidation sites excluding steroid dienone is 1. The van der Waals surface area contributed by atoms with Gasteiger partial charge in [-0.15, -0.1) is 0 Å². The lowest BCUT2D eigenvalue weighted by Crippen LogP contribution is -2.53. The van der Waals surface area contributed by atoms with Crippen LogP contribution in [-0.2, 0) is 19.0 Å². The van der Waals surface area contributed by atoms with Gasteiger partial charge < -0.3 is 19.3 Å². The van der Waals surface area contributed by atoms with Gasteiger partial charge in [-0.3, -0.25) is 4.79 Å². The van der Waals surface area contributed by atoms with Gasteiger partial charge in [0.05, 0.1) is 18.8 Å². The molecule has 3 saturated carbocycles. The van der Waals surface area contributed by atoms with Crippen LogP contribution in [0.4, 0.5) is 0 Å². The van der Waals surface area contributed by atoms with Crippen LogP contribution in [0.25, 0.3) is 0 Å². The Kier molecular flexibility index (Phi) is 5.80. The molecule has 2 unspecified atom stereocenters. The highest BCUT2D eigenvalue weighted by Crippen LogP contribution is 2.67. The summed E-state index contributed by atoms with van der Waals surface area (Å²) in [6.07, 6.45) is 6.94. The Labute approximate surface area is 209 Å². The molecule has 4 fully saturated rings. The van der Waals surface area contributed by atoms with Crippen LogP contribution in [-0.4, -0.2) is 49.2 Å². The SMILES string of the molecule is COCC(=O)[C@H]1CCC2C3CC[C@@]4(O)CC5(CCC4=C3[C@@H](c3ccc(C)cc3)C[C@@]21C)OCCO5. The van der Waals surface area contributed by atoms with Gasteiger partial charge in [-0.25, -0.2) is 0 Å². The Morgan fingerprint density at radius 1 is 1.11 bits per heavy atom. The van der Waals surface area contributed by atoms with E-state index in [-0.39, 0.29) is 29.6 Å². The number of Topliss-reactive ketones (excluding diaryl/α,β-unsaturated/α-hetero) is 1. The van der Waals surface area contributed by atoms with E-state index in [0.29, 0.717) is 31.5 Å². The first-order chi connectivity index (χ1) is 16.8. The number of hydrogen-bond donors (Lipinski definition) is 1. The second-order valence-electron chi connectivity index (χ2n) is 12.2. The van der Waals surface area contributed by atoms with Crippen LogP contribution >= 0.6 is 0 Å². The Bertz CT molecular complexity index is 1020. The Hall–Kier alpha value is -1.53. The van der Waals surface area contributed by atoms with Crippen molar-refractivity contribution in [2.24, 2.45) is 23.2 Å². The smallest absolute Gasteiger partial charge is 0.171 e. The van der Waals surface area contributed by atoms with Crippen LogP contribution < -0.4 is 0 Å². The van der Waals surface area contributed by atoms with Crippen LogP contribution in [0.1, 0.15) is 75.3 Å². The lowest BCUT2D eigenvalue weighted by atomic mass is 9.50. The molecule has 4 aliphatic carbocycles. The van der Waals surface area contributed by atoms with E-state index in [0.717, 1.165) is 44.9 Å². The summed E-state index contributed by atoms with van der Waals surface area (Å²) in [5.74, 6) is 0.853. The van der Waals surface area contributed by atoms with Gasteiger partial charge in [0, 0.05) is 31.8 Å². The highest BCUT2D eigenvalue weighted by Gasteiger charge is 2.61. The van der Waals surface area contributed by atoms with Gasteiger partial charge in [0.1, 0.15) is 6.61 Å². The molecule has 1 saturated heterocycles. The molecule has 1 aliphatic heterocycles. The summed E-state index contributed by atoms with van der Waals surface area (Å²) in [5, 5.41) is 12.1. The van der Waals surface area contributed by atoms with Crippen LogP contribution in [0, 0.1) is 30.1 Å². The lowest BCUT2D eigenvalue weighted by Gasteiger charge is -2.56. The number of hydrogen-bond acceptors (Lipinski definition) is 5. The van der Waals surface area contributed by atoms with Crippen LogP contribution in [0.15, 0.2) is 35.4 Å². The van der Waals surface area contributed by atoms with Crippen molar-refractivity contribution in [3.8, 4) is 0 Å². The first-order valence-electron chi connectivity index (χ1n) is 13.6. The molecule has 1 aromatic carbocycles. The van der Waals surface area contributed by atoms with Crippen molar-refractivity contribution in [2.75, 3.05) is 26.9 Å². The molecule has 1 spiro atoms. The molecule has 0 amide bonds. The summed E-state index contributed by atoms with van der Waals surface area (Å²) in [6, 6.07) is 8.96. The van der Waals surface area contributed by atoms with Crippen molar-refractivity contribution in [3.05, 3.63) is 46.5 Å². The maximum absolute atomic E-state index is 13.2. The maximum Gasteiger partial charge on any atom is 0.171 e. The summed E-state index contributed by atoms with van der Waals surface area (Å²) >= 11 is 0. The minimum absolute atomic E-state index is 0.0388. The molecular formula is C30H40O5. The van der Waals surface area contributed by atoms with Crippen molar-refractivity contribution in [1.29, 1.82) is 0 Å². The van der Waals surface area contributed by atoms with Crippen molar-refractivity contribution >= 4 is 5.78 Å². The van der Waals surface area contributed by atoms with Crippen molar-refractivity contribution in [1.82, 2.24) is 0 Å². The van der Waals surface area contributed by atoms with E-state index in [2.05, 4.69) is 38.1 Å². The van der Waals surface area contributed by atoms with E-state index in [9.17, 15) is 9.90 Å². The van der Waals surface area contributed by atoms with Gasteiger partial charge in [0.15, 0.2) is 11.6 Å². The predicted octanol–water partition coefficient (Wildman–Crippen LogP) is 5.10. The Balaban J connectivity index is 1.45. The number of rotatable bonds is 4. The quantitative estimate of drug-likeness (QED) is 0.608. The average molecular weight is 481 g/mol. The molecule has 1 aromatic rings. The second-order valence-corrected chi connectivity index (χ2v) is 12.2. The van der Waals surface area contributed by atoms with Crippen LogP contribution in [0.2, 0.25) is 0 Å². The van der Waals surface area contributed by atoms with Gasteiger partial charge >= 0.3 is 0 Å². The molecular weight excluding hydrogens is 440 g/mol. The zero-order chi connectivity index (χ0) is 24.4. The molecule has 190 valence electrons. The number of aliphatic hydroxyl groups is 1. The highest BCUT2D eigenvalue weighted by atomic mass is 16.7. The average Bonchev–Trinajstić information content (AvgIpc) is 3.42. The van der Waals surface area contributed by atoms with Crippen molar-refractivity contribution in [3.63, 3.8) is 0 Å². The minimum Gasteiger partial charge on any atom is -0.385 e. The van der Waals surface area contributed by atoms with Crippen molar-refractivity contribution in [2.45, 2.75) is 82.5 Å². The van der Waals surface area contributed by atoms with Gasteiger partial charge in [0.25, 0.3) is 0 Å². The van der Waals surface area contributed by atoms with Gasteiger partial charge in [0.2, 0.25) is 0 Å². The van der Waals surface area contributed by atoms with Crippen LogP contribution in [0.3, 0.4) is 0 Å². The fraction of sp³-hybridized carbons (Fsp3) is 0.700. The molecule has 35 heavy (non-hydrogen) atoms. The molecule has 1 heterocycles. The largest absolute Gasteiger partial charge is 0.385 e. The summed E-state index contributed by atoms with van der Waals surface area (Å²) in [6.45, 7) is 5.96. The molecule has 6 rings (SSSR count). The topological polar surface area (TPSA) is 65.0 Å². The van der Waals surface area contributed by atoms with E-state index in [1.54, 1.807) is 7.11 Å². The first kappa shape index (κ1) is 23.8.